The Labute approximate surface area is 168 Å². The molecule has 0 unspecified atom stereocenters. The molecule has 0 saturated heterocycles. The van der Waals surface area contributed by atoms with Gasteiger partial charge in [0, 0.05) is 17.6 Å². The molecule has 0 aliphatic heterocycles. The fourth-order valence-corrected chi connectivity index (χ4v) is 2.96. The van der Waals surface area contributed by atoms with Crippen LogP contribution in [0.4, 0.5) is 36.3 Å². The molecular weight excluding hydrogens is 377 g/mol. The van der Waals surface area contributed by atoms with Crippen molar-refractivity contribution in [1.29, 1.82) is 0 Å². The van der Waals surface area contributed by atoms with Crippen molar-refractivity contribution in [3.8, 4) is 0 Å². The maximum Gasteiger partial charge on any atom is 0.421 e. The van der Waals surface area contributed by atoms with Gasteiger partial charge in [0.05, 0.1) is 0 Å². The summed E-state index contributed by atoms with van der Waals surface area (Å²) in [6.07, 6.45) is -2.93. The first-order valence-corrected chi connectivity index (χ1v) is 9.35. The fraction of sp³-hybridized carbons (Fsp3) is 0.273. The van der Waals surface area contributed by atoms with Gasteiger partial charge in [-0.1, -0.05) is 44.2 Å². The summed E-state index contributed by atoms with van der Waals surface area (Å²) in [6, 6.07) is 14.8. The van der Waals surface area contributed by atoms with Gasteiger partial charge in [-0.25, -0.2) is 4.98 Å². The van der Waals surface area contributed by atoms with Crippen LogP contribution < -0.4 is 10.6 Å². The van der Waals surface area contributed by atoms with E-state index < -0.39 is 11.7 Å². The molecule has 3 aromatic rings. The molecule has 0 saturated carbocycles. The van der Waals surface area contributed by atoms with E-state index in [9.17, 15) is 13.2 Å². The van der Waals surface area contributed by atoms with Gasteiger partial charge in [0.2, 0.25) is 5.95 Å². The van der Waals surface area contributed by atoms with Gasteiger partial charge >= 0.3 is 6.18 Å². The third-order valence-corrected chi connectivity index (χ3v) is 4.32. The second-order valence-corrected chi connectivity index (χ2v) is 7.32. The van der Waals surface area contributed by atoms with Crippen LogP contribution in [0.3, 0.4) is 0 Å². The second kappa shape index (κ2) is 8.51. The second-order valence-electron chi connectivity index (χ2n) is 7.32. The number of halogens is 3. The lowest BCUT2D eigenvalue weighted by molar-refractivity contribution is -0.137. The molecular formula is C22H23F3N4. The SMILES string of the molecule is Cc1ccccc1Nc1ncc(C(F)(F)F)c(Nc2cccc(CC(C)C)c2)n1. The van der Waals surface area contributed by atoms with Gasteiger partial charge in [0.25, 0.3) is 0 Å². The number of alkyl halides is 3. The molecule has 0 bridgehead atoms. The summed E-state index contributed by atoms with van der Waals surface area (Å²) in [5, 5.41) is 5.81. The van der Waals surface area contributed by atoms with Gasteiger partial charge in [0.15, 0.2) is 0 Å². The van der Waals surface area contributed by atoms with E-state index in [0.717, 1.165) is 29.4 Å². The molecule has 4 nitrogen and oxygen atoms in total. The lowest BCUT2D eigenvalue weighted by Crippen LogP contribution is -2.13. The number of nitrogens with one attached hydrogen (secondary N) is 2. The zero-order valence-electron chi connectivity index (χ0n) is 16.5. The van der Waals surface area contributed by atoms with E-state index in [-0.39, 0.29) is 11.8 Å². The van der Waals surface area contributed by atoms with E-state index in [4.69, 9.17) is 0 Å². The highest BCUT2D eigenvalue weighted by atomic mass is 19.4. The number of hydrogen-bond donors (Lipinski definition) is 2. The van der Waals surface area contributed by atoms with Crippen LogP contribution in [0.5, 0.6) is 0 Å². The molecule has 2 aromatic carbocycles. The summed E-state index contributed by atoms with van der Waals surface area (Å²) in [5.41, 5.74) is 2.35. The van der Waals surface area contributed by atoms with Crippen molar-refractivity contribution in [2.75, 3.05) is 10.6 Å². The third kappa shape index (κ3) is 5.47. The van der Waals surface area contributed by atoms with Crippen molar-refractivity contribution in [3.63, 3.8) is 0 Å². The zero-order valence-corrected chi connectivity index (χ0v) is 16.5. The molecule has 0 aliphatic carbocycles. The Bertz CT molecular complexity index is 984. The van der Waals surface area contributed by atoms with E-state index in [1.54, 1.807) is 6.07 Å². The number of rotatable bonds is 6. The van der Waals surface area contributed by atoms with Crippen molar-refractivity contribution in [2.45, 2.75) is 33.4 Å². The van der Waals surface area contributed by atoms with Crippen LogP contribution >= 0.6 is 0 Å². The number of benzene rings is 2. The average Bonchev–Trinajstić information content (AvgIpc) is 2.62. The van der Waals surface area contributed by atoms with Crippen LogP contribution in [-0.4, -0.2) is 9.97 Å². The molecule has 0 fully saturated rings. The minimum atomic E-state index is -4.57. The van der Waals surface area contributed by atoms with E-state index in [1.807, 2.05) is 49.4 Å². The Hall–Kier alpha value is -3.09. The summed E-state index contributed by atoms with van der Waals surface area (Å²) in [5.74, 6) is 0.248. The molecule has 29 heavy (non-hydrogen) atoms. The number of aryl methyl sites for hydroxylation is 1. The first-order chi connectivity index (χ1) is 13.7. The van der Waals surface area contributed by atoms with E-state index in [1.165, 1.54) is 0 Å². The molecule has 0 spiro atoms. The number of nitrogens with zero attached hydrogens (tertiary/aromatic N) is 2. The maximum absolute atomic E-state index is 13.5. The molecule has 1 aromatic heterocycles. The maximum atomic E-state index is 13.5. The molecule has 1 heterocycles. The van der Waals surface area contributed by atoms with Crippen LogP contribution in [0.25, 0.3) is 0 Å². The Morgan fingerprint density at radius 2 is 1.76 bits per heavy atom. The summed E-state index contributed by atoms with van der Waals surface area (Å²) in [7, 11) is 0. The lowest BCUT2D eigenvalue weighted by atomic mass is 10.0. The van der Waals surface area contributed by atoms with Crippen LogP contribution in [0, 0.1) is 12.8 Å². The standard InChI is InChI=1S/C22H23F3N4/c1-14(2)11-16-8-6-9-17(12-16)27-20-18(22(23,24)25)13-26-21(29-20)28-19-10-5-4-7-15(19)3/h4-10,12-14H,11H2,1-3H3,(H2,26,27,28,29). The summed E-state index contributed by atoms with van der Waals surface area (Å²) in [6.45, 7) is 6.08. The topological polar surface area (TPSA) is 49.8 Å². The number of aromatic nitrogens is 2. The third-order valence-electron chi connectivity index (χ3n) is 4.32. The number of anilines is 4. The van der Waals surface area contributed by atoms with Crippen LogP contribution in [0.15, 0.2) is 54.7 Å². The number of hydrogen-bond acceptors (Lipinski definition) is 4. The van der Waals surface area contributed by atoms with Gasteiger partial charge in [0.1, 0.15) is 11.4 Å². The molecule has 0 radical (unpaired) electrons. The van der Waals surface area contributed by atoms with Crippen molar-refractivity contribution >= 4 is 23.1 Å². The van der Waals surface area contributed by atoms with Gasteiger partial charge in [-0.3, -0.25) is 0 Å². The Balaban J connectivity index is 1.94. The Morgan fingerprint density at radius 3 is 2.45 bits per heavy atom. The highest BCUT2D eigenvalue weighted by molar-refractivity contribution is 5.64. The Kier molecular flexibility index (Phi) is 6.06. The predicted octanol–water partition coefficient (Wildman–Crippen LogP) is 6.49. The summed E-state index contributed by atoms with van der Waals surface area (Å²) < 4.78 is 40.5. The van der Waals surface area contributed by atoms with E-state index >= 15 is 0 Å². The first-order valence-electron chi connectivity index (χ1n) is 9.35. The van der Waals surface area contributed by atoms with Crippen LogP contribution in [0.2, 0.25) is 0 Å². The average molecular weight is 400 g/mol. The zero-order chi connectivity index (χ0) is 21.0. The Morgan fingerprint density at radius 1 is 1.00 bits per heavy atom. The van der Waals surface area contributed by atoms with Crippen molar-refractivity contribution in [2.24, 2.45) is 5.92 Å². The summed E-state index contributed by atoms with van der Waals surface area (Å²) >= 11 is 0. The summed E-state index contributed by atoms with van der Waals surface area (Å²) in [4.78, 5) is 7.97. The van der Waals surface area contributed by atoms with Crippen LogP contribution in [0.1, 0.15) is 30.5 Å². The van der Waals surface area contributed by atoms with E-state index in [0.29, 0.717) is 11.6 Å². The fourth-order valence-electron chi connectivity index (χ4n) is 2.96. The van der Waals surface area contributed by atoms with Crippen molar-refractivity contribution in [1.82, 2.24) is 9.97 Å². The molecule has 0 atom stereocenters. The molecule has 0 aliphatic rings. The molecule has 3 rings (SSSR count). The van der Waals surface area contributed by atoms with Crippen molar-refractivity contribution in [3.05, 3.63) is 71.4 Å². The van der Waals surface area contributed by atoms with Crippen LogP contribution in [-0.2, 0) is 12.6 Å². The van der Waals surface area contributed by atoms with Gasteiger partial charge < -0.3 is 10.6 Å². The molecule has 152 valence electrons. The van der Waals surface area contributed by atoms with E-state index in [2.05, 4.69) is 34.4 Å². The van der Waals surface area contributed by atoms with Gasteiger partial charge in [-0.2, -0.15) is 18.2 Å². The first kappa shape index (κ1) is 20.6. The minimum Gasteiger partial charge on any atom is -0.340 e. The smallest absolute Gasteiger partial charge is 0.340 e. The van der Waals surface area contributed by atoms with Gasteiger partial charge in [-0.05, 0) is 48.6 Å². The number of para-hydroxylation sites is 1. The predicted molar refractivity (Wildman–Crippen MR) is 110 cm³/mol. The lowest BCUT2D eigenvalue weighted by Gasteiger charge is -2.16. The highest BCUT2D eigenvalue weighted by Gasteiger charge is 2.35. The quantitative estimate of drug-likeness (QED) is 0.497. The van der Waals surface area contributed by atoms with Crippen molar-refractivity contribution < 1.29 is 13.2 Å². The largest absolute Gasteiger partial charge is 0.421 e. The highest BCUT2D eigenvalue weighted by Crippen LogP contribution is 2.35. The molecule has 7 heteroatoms. The molecule has 2 N–H and O–H groups in total. The molecule has 0 amide bonds. The van der Waals surface area contributed by atoms with Gasteiger partial charge in [-0.15, -0.1) is 0 Å². The normalized spacial score (nSPS) is 11.6. The minimum absolute atomic E-state index is 0.0909. The monoisotopic (exact) mass is 400 g/mol.